The van der Waals surface area contributed by atoms with Crippen molar-refractivity contribution < 1.29 is 0 Å². The van der Waals surface area contributed by atoms with E-state index in [4.69, 9.17) is 12.2 Å². The minimum atomic E-state index is 0.657. The number of anilines is 1. The molecule has 1 aromatic heterocycles. The molecule has 1 fully saturated rings. The number of piperidine rings is 1. The van der Waals surface area contributed by atoms with Gasteiger partial charge in [-0.1, -0.05) is 6.42 Å². The van der Waals surface area contributed by atoms with Crippen molar-refractivity contribution >= 4 is 17.9 Å². The fraction of sp³-hybridized carbons (Fsp3) is 0.500. The first-order valence-electron chi connectivity index (χ1n) is 7.81. The molecular formula is C16H23N5S. The van der Waals surface area contributed by atoms with Gasteiger partial charge < -0.3 is 4.90 Å². The molecule has 1 aliphatic heterocycles. The number of nitrogens with one attached hydrogen (secondary N) is 1. The van der Waals surface area contributed by atoms with Crippen molar-refractivity contribution in [2.24, 2.45) is 0 Å². The lowest BCUT2D eigenvalue weighted by molar-refractivity contribution is 0.214. The minimum absolute atomic E-state index is 0.657. The molecule has 0 bridgehead atoms. The van der Waals surface area contributed by atoms with Crippen LogP contribution in [0.4, 0.5) is 5.69 Å². The molecule has 1 aliphatic rings. The third kappa shape index (κ3) is 3.23. The van der Waals surface area contributed by atoms with E-state index in [1.54, 1.807) is 0 Å². The van der Waals surface area contributed by atoms with Gasteiger partial charge in [-0.25, -0.2) is 0 Å². The van der Waals surface area contributed by atoms with E-state index in [1.807, 2.05) is 18.7 Å². The molecule has 0 radical (unpaired) electrons. The fourth-order valence-corrected chi connectivity index (χ4v) is 3.18. The first kappa shape index (κ1) is 15.2. The molecule has 3 rings (SSSR count). The molecule has 0 amide bonds. The van der Waals surface area contributed by atoms with Crippen molar-refractivity contribution in [2.75, 3.05) is 32.1 Å². The third-order valence-corrected chi connectivity index (χ3v) is 4.45. The summed E-state index contributed by atoms with van der Waals surface area (Å²) in [6.07, 6.45) is 3.90. The second kappa shape index (κ2) is 6.62. The molecule has 1 N–H and O–H groups in total. The van der Waals surface area contributed by atoms with E-state index in [0.717, 1.165) is 31.1 Å². The number of H-pyrrole nitrogens is 1. The Bertz CT molecular complexity index is 665. The number of rotatable bonds is 4. The summed E-state index contributed by atoms with van der Waals surface area (Å²) >= 11 is 5.42. The third-order valence-electron chi connectivity index (χ3n) is 4.18. The van der Waals surface area contributed by atoms with E-state index in [0.29, 0.717) is 4.77 Å². The Morgan fingerprint density at radius 1 is 1.14 bits per heavy atom. The summed E-state index contributed by atoms with van der Waals surface area (Å²) in [6.45, 7) is 3.15. The van der Waals surface area contributed by atoms with Crippen LogP contribution in [-0.4, -0.2) is 46.8 Å². The molecule has 0 unspecified atom stereocenters. The van der Waals surface area contributed by atoms with Gasteiger partial charge in [0.2, 0.25) is 0 Å². The molecule has 0 atom stereocenters. The maximum atomic E-state index is 5.42. The largest absolute Gasteiger partial charge is 0.378 e. The van der Waals surface area contributed by atoms with Crippen molar-refractivity contribution in [2.45, 2.75) is 25.8 Å². The van der Waals surface area contributed by atoms with Crippen LogP contribution in [0, 0.1) is 4.77 Å². The summed E-state index contributed by atoms with van der Waals surface area (Å²) in [4.78, 5) is 4.55. The molecule has 0 aliphatic carbocycles. The number of hydrogen-bond donors (Lipinski definition) is 1. The molecule has 5 nitrogen and oxygen atoms in total. The molecule has 0 saturated carbocycles. The van der Waals surface area contributed by atoms with Gasteiger partial charge in [0, 0.05) is 25.5 Å². The maximum absolute atomic E-state index is 5.42. The van der Waals surface area contributed by atoms with E-state index in [2.05, 4.69) is 44.3 Å². The van der Waals surface area contributed by atoms with Crippen molar-refractivity contribution in [3.8, 4) is 5.69 Å². The van der Waals surface area contributed by atoms with Gasteiger partial charge in [0.25, 0.3) is 0 Å². The fourth-order valence-electron chi connectivity index (χ4n) is 2.92. The average Bonchev–Trinajstić information content (AvgIpc) is 2.89. The zero-order chi connectivity index (χ0) is 15.5. The predicted molar refractivity (Wildman–Crippen MR) is 92.2 cm³/mol. The molecule has 2 aromatic rings. The zero-order valence-electron chi connectivity index (χ0n) is 13.2. The second-order valence-electron chi connectivity index (χ2n) is 6.03. The Hall–Kier alpha value is -1.66. The van der Waals surface area contributed by atoms with E-state index in [9.17, 15) is 0 Å². The van der Waals surface area contributed by atoms with Crippen LogP contribution in [0.3, 0.4) is 0 Å². The lowest BCUT2D eigenvalue weighted by Gasteiger charge is -2.25. The molecule has 1 saturated heterocycles. The van der Waals surface area contributed by atoms with Gasteiger partial charge in [-0.2, -0.15) is 5.10 Å². The van der Waals surface area contributed by atoms with Gasteiger partial charge in [0.15, 0.2) is 4.77 Å². The van der Waals surface area contributed by atoms with Crippen molar-refractivity contribution in [1.29, 1.82) is 0 Å². The highest BCUT2D eigenvalue weighted by atomic mass is 32.1. The molecule has 0 spiro atoms. The molecule has 2 heterocycles. The maximum Gasteiger partial charge on any atom is 0.199 e. The number of benzene rings is 1. The van der Waals surface area contributed by atoms with E-state index >= 15 is 0 Å². The molecule has 1 aromatic carbocycles. The van der Waals surface area contributed by atoms with Gasteiger partial charge in [0.05, 0.1) is 6.54 Å². The summed E-state index contributed by atoms with van der Waals surface area (Å²) in [5, 5.41) is 7.38. The lowest BCUT2D eigenvalue weighted by Crippen LogP contribution is -2.30. The zero-order valence-corrected chi connectivity index (χ0v) is 14.1. The molecular weight excluding hydrogens is 294 g/mol. The molecule has 22 heavy (non-hydrogen) atoms. The van der Waals surface area contributed by atoms with Crippen LogP contribution in [-0.2, 0) is 6.54 Å². The van der Waals surface area contributed by atoms with Crippen LogP contribution in [0.1, 0.15) is 25.1 Å². The van der Waals surface area contributed by atoms with Crippen LogP contribution in [0.5, 0.6) is 0 Å². The summed E-state index contributed by atoms with van der Waals surface area (Å²) in [5.74, 6) is 0.990. The predicted octanol–water partition coefficient (Wildman–Crippen LogP) is 2.98. The van der Waals surface area contributed by atoms with Crippen molar-refractivity contribution in [3.05, 3.63) is 34.9 Å². The molecule has 6 heteroatoms. The normalized spacial score (nSPS) is 15.9. The molecule has 118 valence electrons. The number of aromatic nitrogens is 3. The summed E-state index contributed by atoms with van der Waals surface area (Å²) < 4.78 is 2.70. The monoisotopic (exact) mass is 317 g/mol. The van der Waals surface area contributed by atoms with E-state index in [1.165, 1.54) is 24.9 Å². The van der Waals surface area contributed by atoms with Gasteiger partial charge in [-0.15, -0.1) is 0 Å². The van der Waals surface area contributed by atoms with Gasteiger partial charge in [0.1, 0.15) is 5.82 Å². The Kier molecular flexibility index (Phi) is 4.59. The van der Waals surface area contributed by atoms with Gasteiger partial charge >= 0.3 is 0 Å². The van der Waals surface area contributed by atoms with Crippen molar-refractivity contribution in [1.82, 2.24) is 19.7 Å². The summed E-state index contributed by atoms with van der Waals surface area (Å²) in [6, 6.07) is 8.41. The van der Waals surface area contributed by atoms with E-state index < -0.39 is 0 Å². The first-order chi connectivity index (χ1) is 10.6. The summed E-state index contributed by atoms with van der Waals surface area (Å²) in [5.41, 5.74) is 2.24. The highest BCUT2D eigenvalue weighted by Crippen LogP contribution is 2.18. The second-order valence-corrected chi connectivity index (χ2v) is 6.41. The van der Waals surface area contributed by atoms with Crippen LogP contribution in [0.25, 0.3) is 5.69 Å². The SMILES string of the molecule is CN(C)c1ccc(-n2c(CN3CCCCC3)n[nH]c2=S)cc1. The highest BCUT2D eigenvalue weighted by molar-refractivity contribution is 7.71. The van der Waals surface area contributed by atoms with Crippen LogP contribution in [0.15, 0.2) is 24.3 Å². The number of hydrogen-bond acceptors (Lipinski definition) is 4. The van der Waals surface area contributed by atoms with Crippen LogP contribution >= 0.6 is 12.2 Å². The van der Waals surface area contributed by atoms with Gasteiger partial charge in [-0.3, -0.25) is 14.6 Å². The quantitative estimate of drug-likeness (QED) is 0.880. The smallest absolute Gasteiger partial charge is 0.199 e. The van der Waals surface area contributed by atoms with Crippen LogP contribution < -0.4 is 4.90 Å². The Morgan fingerprint density at radius 3 is 2.45 bits per heavy atom. The lowest BCUT2D eigenvalue weighted by atomic mass is 10.1. The van der Waals surface area contributed by atoms with Crippen molar-refractivity contribution in [3.63, 3.8) is 0 Å². The Labute approximate surface area is 136 Å². The Balaban J connectivity index is 1.86. The summed E-state index contributed by atoms with van der Waals surface area (Å²) in [7, 11) is 4.08. The number of likely N-dealkylation sites (tertiary alicyclic amines) is 1. The average molecular weight is 317 g/mol. The topological polar surface area (TPSA) is 40.1 Å². The van der Waals surface area contributed by atoms with Gasteiger partial charge in [-0.05, 0) is 62.4 Å². The minimum Gasteiger partial charge on any atom is -0.378 e. The van der Waals surface area contributed by atoms with Crippen LogP contribution in [0.2, 0.25) is 0 Å². The Morgan fingerprint density at radius 2 is 1.82 bits per heavy atom. The number of aromatic amines is 1. The first-order valence-corrected chi connectivity index (χ1v) is 8.22. The number of nitrogens with zero attached hydrogens (tertiary/aromatic N) is 4. The standard InChI is InChI=1S/C16H23N5S/c1-19(2)13-6-8-14(9-7-13)21-15(17-18-16(21)22)12-20-10-4-3-5-11-20/h6-9H,3-5,10-12H2,1-2H3,(H,18,22). The highest BCUT2D eigenvalue weighted by Gasteiger charge is 2.15. The van der Waals surface area contributed by atoms with E-state index in [-0.39, 0.29) is 0 Å².